The van der Waals surface area contributed by atoms with Gasteiger partial charge in [0.15, 0.2) is 0 Å². The summed E-state index contributed by atoms with van der Waals surface area (Å²) in [7, 11) is 0. The number of hydrogen-bond donors (Lipinski definition) is 3. The Hall–Kier alpha value is -0.810. The molecule has 0 aromatic rings. The van der Waals surface area contributed by atoms with Crippen molar-refractivity contribution in [3.63, 3.8) is 0 Å². The van der Waals surface area contributed by atoms with Crippen LogP contribution in [0.5, 0.6) is 0 Å². The Balaban J connectivity index is 0.00000400. The van der Waals surface area contributed by atoms with Crippen LogP contribution in [-0.4, -0.2) is 30.9 Å². The van der Waals surface area contributed by atoms with Crippen LogP contribution in [0.4, 0.5) is 0 Å². The average molecular weight is 320 g/mol. The molecule has 0 saturated heterocycles. The molecule has 2 amide bonds. The maximum atomic E-state index is 11.9. The van der Waals surface area contributed by atoms with Crippen LogP contribution in [0.15, 0.2) is 0 Å². The summed E-state index contributed by atoms with van der Waals surface area (Å²) >= 11 is 0. The first-order valence-electron chi connectivity index (χ1n) is 7.90. The summed E-state index contributed by atoms with van der Waals surface area (Å²) in [4.78, 5) is 23.7. The van der Waals surface area contributed by atoms with Crippen LogP contribution in [-0.2, 0) is 9.59 Å². The molecule has 0 aromatic heterocycles. The predicted molar refractivity (Wildman–Crippen MR) is 87.3 cm³/mol. The van der Waals surface area contributed by atoms with Crippen LogP contribution in [0.2, 0.25) is 0 Å². The van der Waals surface area contributed by atoms with E-state index in [1.807, 2.05) is 0 Å². The van der Waals surface area contributed by atoms with Gasteiger partial charge in [-0.25, -0.2) is 0 Å². The van der Waals surface area contributed by atoms with Crippen LogP contribution >= 0.6 is 12.4 Å². The van der Waals surface area contributed by atoms with E-state index in [-0.39, 0.29) is 24.2 Å². The van der Waals surface area contributed by atoms with E-state index >= 15 is 0 Å². The van der Waals surface area contributed by atoms with E-state index in [0.717, 1.165) is 25.7 Å². The van der Waals surface area contributed by atoms with Gasteiger partial charge in [-0.2, -0.15) is 0 Å². The molecule has 1 saturated carbocycles. The average Bonchev–Trinajstić information content (AvgIpc) is 2.44. The summed E-state index contributed by atoms with van der Waals surface area (Å²) in [5.41, 5.74) is 5.39. The van der Waals surface area contributed by atoms with Crippen molar-refractivity contribution < 1.29 is 9.59 Å². The Morgan fingerprint density at radius 1 is 1.19 bits per heavy atom. The number of halogens is 1. The lowest BCUT2D eigenvalue weighted by Gasteiger charge is -2.22. The third kappa shape index (κ3) is 8.94. The second-order valence-corrected chi connectivity index (χ2v) is 5.78. The molecule has 1 unspecified atom stereocenters. The number of nitrogens with one attached hydrogen (secondary N) is 2. The zero-order valence-electron chi connectivity index (χ0n) is 13.0. The predicted octanol–water partition coefficient (Wildman–Crippen LogP) is 1.74. The molecule has 0 radical (unpaired) electrons. The fourth-order valence-electron chi connectivity index (χ4n) is 2.65. The van der Waals surface area contributed by atoms with Gasteiger partial charge in [-0.15, -0.1) is 12.4 Å². The topological polar surface area (TPSA) is 84.2 Å². The molecule has 6 heteroatoms. The molecule has 1 fully saturated rings. The number of carbonyl (C=O) groups is 2. The normalized spacial score (nSPS) is 16.7. The molecule has 21 heavy (non-hydrogen) atoms. The molecule has 124 valence electrons. The summed E-state index contributed by atoms with van der Waals surface area (Å²) in [5, 5.41) is 5.61. The summed E-state index contributed by atoms with van der Waals surface area (Å²) in [5.74, 6) is 0.393. The zero-order valence-corrected chi connectivity index (χ0v) is 13.8. The van der Waals surface area contributed by atoms with Crippen molar-refractivity contribution in [2.45, 2.75) is 64.3 Å². The summed E-state index contributed by atoms with van der Waals surface area (Å²) in [6.45, 7) is 3.00. The third-order valence-electron chi connectivity index (χ3n) is 3.90. The van der Waals surface area contributed by atoms with Crippen molar-refractivity contribution in [3.05, 3.63) is 0 Å². The zero-order chi connectivity index (χ0) is 14.8. The van der Waals surface area contributed by atoms with Crippen molar-refractivity contribution in [1.82, 2.24) is 10.6 Å². The fraction of sp³-hybridized carbons (Fsp3) is 0.867. The first-order valence-corrected chi connectivity index (χ1v) is 7.90. The van der Waals surface area contributed by atoms with Gasteiger partial charge in [0, 0.05) is 13.0 Å². The number of unbranched alkanes of at least 4 members (excludes halogenated alkanes) is 1. The Labute approximate surface area is 134 Å². The smallest absolute Gasteiger partial charge is 0.242 e. The largest absolute Gasteiger partial charge is 0.354 e. The highest BCUT2D eigenvalue weighted by Crippen LogP contribution is 2.26. The standard InChI is InChI=1S/C15H29N3O2.ClH/c1-12(15(20)17-10-6-5-9-16)18-14(19)11-13-7-3-2-4-8-13;/h12-13H,2-11,16H2,1H3,(H,17,20)(H,18,19);1H. The van der Waals surface area contributed by atoms with Gasteiger partial charge in [-0.05, 0) is 45.1 Å². The van der Waals surface area contributed by atoms with Crippen LogP contribution < -0.4 is 16.4 Å². The minimum Gasteiger partial charge on any atom is -0.354 e. The molecule has 0 aliphatic heterocycles. The highest BCUT2D eigenvalue weighted by Gasteiger charge is 2.20. The van der Waals surface area contributed by atoms with Gasteiger partial charge < -0.3 is 16.4 Å². The minimum absolute atomic E-state index is 0. The van der Waals surface area contributed by atoms with Crippen molar-refractivity contribution in [2.24, 2.45) is 11.7 Å². The van der Waals surface area contributed by atoms with Gasteiger partial charge >= 0.3 is 0 Å². The molecule has 0 aromatic carbocycles. The first kappa shape index (κ1) is 20.2. The lowest BCUT2D eigenvalue weighted by Crippen LogP contribution is -2.45. The number of hydrogen-bond acceptors (Lipinski definition) is 3. The van der Waals surface area contributed by atoms with Gasteiger partial charge in [0.25, 0.3) is 0 Å². The maximum absolute atomic E-state index is 11.9. The third-order valence-corrected chi connectivity index (χ3v) is 3.90. The highest BCUT2D eigenvalue weighted by molar-refractivity contribution is 5.87. The van der Waals surface area contributed by atoms with E-state index in [2.05, 4.69) is 10.6 Å². The number of rotatable bonds is 8. The monoisotopic (exact) mass is 319 g/mol. The summed E-state index contributed by atoms with van der Waals surface area (Å²) in [6, 6.07) is -0.455. The van der Waals surface area contributed by atoms with Crippen LogP contribution in [0.1, 0.15) is 58.3 Å². The van der Waals surface area contributed by atoms with Gasteiger partial charge in [0.1, 0.15) is 6.04 Å². The summed E-state index contributed by atoms with van der Waals surface area (Å²) in [6.07, 6.45) is 8.39. The molecule has 0 bridgehead atoms. The van der Waals surface area contributed by atoms with Crippen LogP contribution in [0, 0.1) is 5.92 Å². The van der Waals surface area contributed by atoms with E-state index in [9.17, 15) is 9.59 Å². The molecule has 1 rings (SSSR count). The second-order valence-electron chi connectivity index (χ2n) is 5.78. The Bertz CT molecular complexity index is 307. The maximum Gasteiger partial charge on any atom is 0.242 e. The van der Waals surface area contributed by atoms with E-state index in [1.165, 1.54) is 19.3 Å². The lowest BCUT2D eigenvalue weighted by molar-refractivity contribution is -0.129. The quantitative estimate of drug-likeness (QED) is 0.596. The Morgan fingerprint density at radius 2 is 1.86 bits per heavy atom. The van der Waals surface area contributed by atoms with Crippen molar-refractivity contribution in [1.29, 1.82) is 0 Å². The molecule has 4 N–H and O–H groups in total. The van der Waals surface area contributed by atoms with Crippen molar-refractivity contribution in [2.75, 3.05) is 13.1 Å². The van der Waals surface area contributed by atoms with Crippen molar-refractivity contribution >= 4 is 24.2 Å². The fourth-order valence-corrected chi connectivity index (χ4v) is 2.65. The van der Waals surface area contributed by atoms with Gasteiger partial charge in [-0.3, -0.25) is 9.59 Å². The van der Waals surface area contributed by atoms with E-state index < -0.39 is 6.04 Å². The molecule has 1 aliphatic carbocycles. The lowest BCUT2D eigenvalue weighted by atomic mass is 9.87. The molecule has 1 aliphatic rings. The molecular weight excluding hydrogens is 290 g/mol. The van der Waals surface area contributed by atoms with Crippen LogP contribution in [0.25, 0.3) is 0 Å². The van der Waals surface area contributed by atoms with Gasteiger partial charge in [0.05, 0.1) is 0 Å². The molecule has 5 nitrogen and oxygen atoms in total. The SMILES string of the molecule is CC(NC(=O)CC1CCCCC1)C(=O)NCCCCN.Cl. The van der Waals surface area contributed by atoms with Gasteiger partial charge in [0.2, 0.25) is 11.8 Å². The van der Waals surface area contributed by atoms with Crippen LogP contribution in [0.3, 0.4) is 0 Å². The van der Waals surface area contributed by atoms with E-state index in [0.29, 0.717) is 25.4 Å². The van der Waals surface area contributed by atoms with Crippen molar-refractivity contribution in [3.8, 4) is 0 Å². The van der Waals surface area contributed by atoms with Gasteiger partial charge in [-0.1, -0.05) is 19.3 Å². The van der Waals surface area contributed by atoms with E-state index in [4.69, 9.17) is 5.73 Å². The first-order chi connectivity index (χ1) is 9.63. The molecular formula is C15H30ClN3O2. The Morgan fingerprint density at radius 3 is 2.48 bits per heavy atom. The number of carbonyl (C=O) groups excluding carboxylic acids is 2. The highest BCUT2D eigenvalue weighted by atomic mass is 35.5. The molecule has 1 atom stereocenters. The Kier molecular flexibility index (Phi) is 11.4. The van der Waals surface area contributed by atoms with E-state index in [1.54, 1.807) is 6.92 Å². The minimum atomic E-state index is -0.455. The number of amides is 2. The summed E-state index contributed by atoms with van der Waals surface area (Å²) < 4.78 is 0. The molecule has 0 heterocycles. The second kappa shape index (κ2) is 11.8. The number of nitrogens with two attached hydrogens (primary N) is 1. The molecule has 0 spiro atoms.